The van der Waals surface area contributed by atoms with Gasteiger partial charge in [0, 0.05) is 5.69 Å². The van der Waals surface area contributed by atoms with E-state index in [1.165, 1.54) is 21.6 Å². The molecule has 3 aromatic rings. The quantitative estimate of drug-likeness (QED) is 0.546. The molecule has 0 amide bonds. The summed E-state index contributed by atoms with van der Waals surface area (Å²) in [6.45, 7) is 6.99. The van der Waals surface area contributed by atoms with Crippen molar-refractivity contribution in [3.8, 4) is 0 Å². The Balaban J connectivity index is 2.04. The maximum Gasteiger partial charge on any atom is 0.247 e. The highest BCUT2D eigenvalue weighted by atomic mass is 28.3. The van der Waals surface area contributed by atoms with Gasteiger partial charge in [-0.2, -0.15) is 0 Å². The molecule has 146 valence electrons. The first-order chi connectivity index (χ1) is 14.0. The molecule has 0 spiro atoms. The van der Waals surface area contributed by atoms with Gasteiger partial charge in [0.05, 0.1) is 0 Å². The first kappa shape index (κ1) is 19.5. The van der Waals surface area contributed by atoms with Crippen molar-refractivity contribution in [1.29, 1.82) is 0 Å². The van der Waals surface area contributed by atoms with Crippen molar-refractivity contribution in [2.45, 2.75) is 27.2 Å². The molecule has 0 saturated heterocycles. The summed E-state index contributed by atoms with van der Waals surface area (Å²) in [6, 6.07) is 32.8. The van der Waals surface area contributed by atoms with Crippen LogP contribution in [0.4, 0.5) is 5.69 Å². The van der Waals surface area contributed by atoms with Crippen LogP contribution in [0.25, 0.3) is 0 Å². The van der Waals surface area contributed by atoms with Crippen LogP contribution >= 0.6 is 0 Å². The molecular weight excluding hydrogens is 366 g/mol. The monoisotopic (exact) mass is 395 g/mol. The van der Waals surface area contributed by atoms with Gasteiger partial charge < -0.3 is 4.98 Å². The van der Waals surface area contributed by atoms with Gasteiger partial charge in [0.2, 0.25) is 8.24 Å². The molecule has 0 heterocycles. The van der Waals surface area contributed by atoms with Crippen molar-refractivity contribution in [1.82, 2.24) is 0 Å². The lowest BCUT2D eigenvalue weighted by Crippen LogP contribution is -2.66. The van der Waals surface area contributed by atoms with E-state index < -0.39 is 8.24 Å². The highest BCUT2D eigenvalue weighted by Crippen LogP contribution is 2.38. The Kier molecular flexibility index (Phi) is 5.29. The normalized spacial score (nSPS) is 14.3. The minimum Gasteiger partial charge on any atom is -0.400 e. The van der Waals surface area contributed by atoms with Gasteiger partial charge >= 0.3 is 0 Å². The van der Waals surface area contributed by atoms with Crippen molar-refractivity contribution < 1.29 is 0 Å². The lowest BCUT2D eigenvalue weighted by atomic mass is 9.87. The first-order valence-corrected chi connectivity index (χ1v) is 12.4. The zero-order valence-corrected chi connectivity index (χ0v) is 18.5. The average molecular weight is 396 g/mol. The fraction of sp³-hybridized carbons (Fsp3) is 0.185. The minimum absolute atomic E-state index is 0.0997. The molecule has 2 heteroatoms. The third-order valence-electron chi connectivity index (χ3n) is 5.71. The molecule has 0 bridgehead atoms. The summed E-state index contributed by atoms with van der Waals surface area (Å²) in [6.07, 6.45) is 5.70. The number of hydrogen-bond donors (Lipinski definition) is 1. The van der Waals surface area contributed by atoms with Gasteiger partial charge in [0.1, 0.15) is 0 Å². The van der Waals surface area contributed by atoms with E-state index in [2.05, 4.69) is 129 Å². The van der Waals surface area contributed by atoms with E-state index in [0.717, 1.165) is 6.42 Å². The van der Waals surface area contributed by atoms with Gasteiger partial charge in [-0.25, -0.2) is 0 Å². The van der Waals surface area contributed by atoms with Crippen LogP contribution in [0.5, 0.6) is 0 Å². The lowest BCUT2D eigenvalue weighted by Gasteiger charge is -2.38. The third-order valence-corrected chi connectivity index (χ3v) is 10.2. The Morgan fingerprint density at radius 1 is 0.690 bits per heavy atom. The minimum atomic E-state index is -2.46. The van der Waals surface area contributed by atoms with Crippen LogP contribution in [-0.2, 0) is 0 Å². The molecule has 1 nitrogen and oxygen atoms in total. The molecule has 4 rings (SSSR count). The van der Waals surface area contributed by atoms with Crippen molar-refractivity contribution in [2.24, 2.45) is 5.41 Å². The summed E-state index contributed by atoms with van der Waals surface area (Å²) in [5.41, 5.74) is 2.75. The van der Waals surface area contributed by atoms with E-state index >= 15 is 0 Å². The smallest absolute Gasteiger partial charge is 0.247 e. The predicted molar refractivity (Wildman–Crippen MR) is 128 cm³/mol. The van der Waals surface area contributed by atoms with Gasteiger partial charge in [0.15, 0.2) is 0 Å². The van der Waals surface area contributed by atoms with Gasteiger partial charge in [0.25, 0.3) is 0 Å². The summed E-state index contributed by atoms with van der Waals surface area (Å²) in [4.78, 5) is 4.11. The van der Waals surface area contributed by atoms with Crippen LogP contribution in [-0.4, -0.2) is 8.24 Å². The first-order valence-electron chi connectivity index (χ1n) is 10.4. The summed E-state index contributed by atoms with van der Waals surface area (Å²) >= 11 is 0. The van der Waals surface area contributed by atoms with E-state index in [1.54, 1.807) is 5.20 Å². The highest BCUT2D eigenvalue weighted by molar-refractivity contribution is 7.09. The number of anilines is 1. The topological polar surface area (TPSA) is 12.0 Å². The van der Waals surface area contributed by atoms with E-state index in [9.17, 15) is 0 Å². The van der Waals surface area contributed by atoms with Crippen molar-refractivity contribution >= 4 is 24.3 Å². The highest BCUT2D eigenvalue weighted by Gasteiger charge is 2.45. The van der Waals surface area contributed by atoms with Crippen LogP contribution in [0.15, 0.2) is 114 Å². The molecule has 1 aliphatic rings. The second-order valence-electron chi connectivity index (χ2n) is 8.72. The molecule has 1 N–H and O–H groups in total. The van der Waals surface area contributed by atoms with E-state index in [4.69, 9.17) is 0 Å². The molecule has 0 aromatic heterocycles. The zero-order chi connectivity index (χ0) is 20.3. The van der Waals surface area contributed by atoms with Crippen LogP contribution in [0.3, 0.4) is 0 Å². The Bertz CT molecular complexity index is 973. The number of allylic oxidation sites excluding steroid dienone is 4. The SMILES string of the molecule is CC(C)(C)C1=C([Si](Nc2ccccc2)(c2ccccc2)c2ccccc2)CC=C1. The number of rotatable bonds is 5. The summed E-state index contributed by atoms with van der Waals surface area (Å²) < 4.78 is 0. The standard InChI is InChI=1S/C27H29NSi/c1-27(2,3)25-20-13-21-26(25)29(23-16-9-5-10-17-23,24-18-11-6-12-19-24)28-22-14-7-4-8-15-22/h4-20,28H,21H2,1-3H3. The summed E-state index contributed by atoms with van der Waals surface area (Å²) in [5, 5.41) is 4.36. The Hall–Kier alpha value is -2.84. The zero-order valence-electron chi connectivity index (χ0n) is 17.5. The molecule has 0 saturated carbocycles. The average Bonchev–Trinajstić information content (AvgIpc) is 3.25. The Morgan fingerprint density at radius 2 is 1.17 bits per heavy atom. The van der Waals surface area contributed by atoms with Gasteiger partial charge in [-0.05, 0) is 45.1 Å². The fourth-order valence-electron chi connectivity index (χ4n) is 4.41. The van der Waals surface area contributed by atoms with Crippen molar-refractivity contribution in [3.05, 3.63) is 114 Å². The molecule has 3 aromatic carbocycles. The molecule has 0 aliphatic heterocycles. The maximum absolute atomic E-state index is 4.11. The molecule has 29 heavy (non-hydrogen) atoms. The fourth-order valence-corrected chi connectivity index (χ4v) is 9.15. The molecule has 0 atom stereocenters. The predicted octanol–water partition coefficient (Wildman–Crippen LogP) is 5.70. The van der Waals surface area contributed by atoms with Crippen molar-refractivity contribution in [3.63, 3.8) is 0 Å². The van der Waals surface area contributed by atoms with E-state index in [-0.39, 0.29) is 5.41 Å². The number of para-hydroxylation sites is 1. The molecular formula is C27H29NSi. The Morgan fingerprint density at radius 3 is 1.66 bits per heavy atom. The molecule has 1 aliphatic carbocycles. The number of nitrogens with one attached hydrogen (secondary N) is 1. The molecule has 0 fully saturated rings. The van der Waals surface area contributed by atoms with Crippen LogP contribution in [0.2, 0.25) is 0 Å². The van der Waals surface area contributed by atoms with Gasteiger partial charge in [-0.15, -0.1) is 0 Å². The third kappa shape index (κ3) is 3.73. The number of benzene rings is 3. The van der Waals surface area contributed by atoms with Gasteiger partial charge in [-0.1, -0.05) is 112 Å². The maximum atomic E-state index is 4.11. The summed E-state index contributed by atoms with van der Waals surface area (Å²) in [7, 11) is -2.46. The van der Waals surface area contributed by atoms with Crippen LogP contribution in [0.1, 0.15) is 27.2 Å². The largest absolute Gasteiger partial charge is 0.400 e. The van der Waals surface area contributed by atoms with Crippen LogP contribution in [0, 0.1) is 5.41 Å². The molecule has 0 radical (unpaired) electrons. The lowest BCUT2D eigenvalue weighted by molar-refractivity contribution is 0.516. The van der Waals surface area contributed by atoms with E-state index in [1.807, 2.05) is 0 Å². The number of hydrogen-bond acceptors (Lipinski definition) is 1. The second kappa shape index (κ2) is 7.88. The Labute approximate surface area is 175 Å². The molecule has 0 unspecified atom stereocenters. The van der Waals surface area contributed by atoms with Crippen LogP contribution < -0.4 is 15.4 Å². The second-order valence-corrected chi connectivity index (χ2v) is 12.2. The van der Waals surface area contributed by atoms with E-state index in [0.29, 0.717) is 0 Å². The van der Waals surface area contributed by atoms with Gasteiger partial charge in [-0.3, -0.25) is 0 Å². The summed E-state index contributed by atoms with van der Waals surface area (Å²) in [5.74, 6) is 0. The van der Waals surface area contributed by atoms with Crippen molar-refractivity contribution in [2.75, 3.05) is 4.98 Å².